The summed E-state index contributed by atoms with van der Waals surface area (Å²) in [6.45, 7) is -0.0728. The third-order valence-corrected chi connectivity index (χ3v) is 9.40. The molecular weight excluding hydrogens is 507 g/mol. The number of alkyl halides is 3. The van der Waals surface area contributed by atoms with Crippen molar-refractivity contribution in [3.05, 3.63) is 29.5 Å². The highest BCUT2D eigenvalue weighted by atomic mass is 32.2. The van der Waals surface area contributed by atoms with Gasteiger partial charge < -0.3 is 14.8 Å². The summed E-state index contributed by atoms with van der Waals surface area (Å²) >= 11 is 0. The first-order chi connectivity index (χ1) is 17.5. The van der Waals surface area contributed by atoms with E-state index in [1.165, 1.54) is 11.0 Å². The molecule has 1 atom stereocenters. The summed E-state index contributed by atoms with van der Waals surface area (Å²) in [5.41, 5.74) is 2.25. The molecule has 0 spiro atoms. The smallest absolute Gasteiger partial charge is 0.346 e. The van der Waals surface area contributed by atoms with Crippen molar-refractivity contribution in [3.8, 4) is 6.07 Å². The average Bonchev–Trinajstić information content (AvgIpc) is 3.67. The fourth-order valence-electron chi connectivity index (χ4n) is 5.73. The molecule has 2 N–H and O–H groups in total. The van der Waals surface area contributed by atoms with Crippen molar-refractivity contribution in [1.82, 2.24) is 19.5 Å². The van der Waals surface area contributed by atoms with Crippen LogP contribution >= 0.6 is 0 Å². The van der Waals surface area contributed by atoms with Crippen LogP contribution in [0, 0.1) is 17.2 Å². The van der Waals surface area contributed by atoms with Gasteiger partial charge in [0.25, 0.3) is 0 Å². The van der Waals surface area contributed by atoms with Crippen molar-refractivity contribution in [2.45, 2.75) is 67.6 Å². The molecule has 5 rings (SSSR count). The van der Waals surface area contributed by atoms with Crippen molar-refractivity contribution in [2.75, 3.05) is 19.6 Å². The number of amides is 1. The molecule has 3 aliphatic rings. The molecule has 12 heteroatoms. The van der Waals surface area contributed by atoms with Crippen LogP contribution in [0.15, 0.2) is 23.1 Å². The van der Waals surface area contributed by atoms with Gasteiger partial charge >= 0.3 is 6.18 Å². The predicted molar refractivity (Wildman–Crippen MR) is 130 cm³/mol. The van der Waals surface area contributed by atoms with E-state index in [0.29, 0.717) is 42.7 Å². The number of nitrogens with one attached hydrogen (secondary N) is 2. The Kier molecular flexibility index (Phi) is 6.75. The molecule has 2 saturated carbocycles. The van der Waals surface area contributed by atoms with Crippen LogP contribution in [0.2, 0.25) is 0 Å². The molecule has 1 aromatic heterocycles. The summed E-state index contributed by atoms with van der Waals surface area (Å²) in [4.78, 5) is 14.3. The molecule has 200 valence electrons. The van der Waals surface area contributed by atoms with Gasteiger partial charge in [0.1, 0.15) is 12.1 Å². The highest BCUT2D eigenvalue weighted by molar-refractivity contribution is 7.89. The lowest BCUT2D eigenvalue weighted by Crippen LogP contribution is -2.59. The molecule has 2 heterocycles. The van der Waals surface area contributed by atoms with E-state index in [9.17, 15) is 31.6 Å². The van der Waals surface area contributed by atoms with Crippen molar-refractivity contribution in [1.29, 1.82) is 5.26 Å². The van der Waals surface area contributed by atoms with Crippen molar-refractivity contribution in [2.24, 2.45) is 13.0 Å². The van der Waals surface area contributed by atoms with Gasteiger partial charge in [0, 0.05) is 55.6 Å². The Morgan fingerprint density at radius 3 is 2.49 bits per heavy atom. The maximum Gasteiger partial charge on any atom is 0.405 e. The molecule has 37 heavy (non-hydrogen) atoms. The van der Waals surface area contributed by atoms with E-state index in [4.69, 9.17) is 0 Å². The summed E-state index contributed by atoms with van der Waals surface area (Å²) in [5.74, 6) is -0.354. The zero-order chi connectivity index (χ0) is 26.5. The largest absolute Gasteiger partial charge is 0.405 e. The van der Waals surface area contributed by atoms with E-state index in [2.05, 4.69) is 16.1 Å². The second kappa shape index (κ2) is 9.60. The average molecular weight is 538 g/mol. The summed E-state index contributed by atoms with van der Waals surface area (Å²) < 4.78 is 70.2. The molecule has 2 aliphatic carbocycles. The van der Waals surface area contributed by atoms with E-state index in [1.54, 1.807) is 12.1 Å². The summed E-state index contributed by atoms with van der Waals surface area (Å²) in [6.07, 6.45) is -0.669. The summed E-state index contributed by atoms with van der Waals surface area (Å²) in [7, 11) is -1.98. The number of nitrogens with zero attached hydrogens (tertiary/aromatic N) is 3. The van der Waals surface area contributed by atoms with Crippen LogP contribution in [-0.4, -0.2) is 61.7 Å². The maximum absolute atomic E-state index is 13.2. The Morgan fingerprint density at radius 1 is 1.16 bits per heavy atom. The first kappa shape index (κ1) is 26.0. The number of carbonyl (C=O) groups excluding carboxylic acids is 1. The number of benzene rings is 1. The number of hydrogen-bond acceptors (Lipinski definition) is 5. The number of fused-ring (bicyclic) bond motifs is 1. The summed E-state index contributed by atoms with van der Waals surface area (Å²) in [5, 5.41) is 12.8. The fraction of sp³-hybridized carbons (Fsp3) is 0.600. The molecule has 1 aromatic carbocycles. The van der Waals surface area contributed by atoms with E-state index in [1.807, 2.05) is 11.6 Å². The SMILES string of the molecule is Cn1c(C2CC2)c(C#N)c2ccc(S(=O)(=O)NC3CCC(C(=O)N4CCNC(C(F)(F)F)C4)CC3)cc21. The maximum atomic E-state index is 13.2. The lowest BCUT2D eigenvalue weighted by Gasteiger charge is -2.38. The third kappa shape index (κ3) is 5.09. The monoisotopic (exact) mass is 537 g/mol. The molecule has 1 unspecified atom stereocenters. The molecule has 1 aliphatic heterocycles. The van der Waals surface area contributed by atoms with Crippen LogP contribution in [0.4, 0.5) is 13.2 Å². The molecule has 1 saturated heterocycles. The van der Waals surface area contributed by atoms with Crippen LogP contribution in [0.3, 0.4) is 0 Å². The Balaban J connectivity index is 1.23. The molecule has 2 aromatic rings. The zero-order valence-electron chi connectivity index (χ0n) is 20.5. The van der Waals surface area contributed by atoms with Gasteiger partial charge in [-0.1, -0.05) is 6.07 Å². The molecule has 3 fully saturated rings. The Hall–Kier alpha value is -2.62. The van der Waals surface area contributed by atoms with Crippen LogP contribution in [0.1, 0.15) is 55.7 Å². The van der Waals surface area contributed by atoms with Crippen molar-refractivity contribution < 1.29 is 26.4 Å². The van der Waals surface area contributed by atoms with Crippen LogP contribution < -0.4 is 10.0 Å². The van der Waals surface area contributed by atoms with Crippen molar-refractivity contribution in [3.63, 3.8) is 0 Å². The van der Waals surface area contributed by atoms with Gasteiger partial charge in [-0.2, -0.15) is 18.4 Å². The van der Waals surface area contributed by atoms with E-state index >= 15 is 0 Å². The number of nitriles is 1. The molecule has 8 nitrogen and oxygen atoms in total. The second-order valence-electron chi connectivity index (χ2n) is 10.4. The van der Waals surface area contributed by atoms with Crippen LogP contribution in [-0.2, 0) is 21.9 Å². The number of aryl methyl sites for hydroxylation is 1. The van der Waals surface area contributed by atoms with Gasteiger partial charge in [-0.05, 0) is 50.7 Å². The van der Waals surface area contributed by atoms with Gasteiger partial charge in [0.15, 0.2) is 0 Å². The molecule has 1 amide bonds. The minimum absolute atomic E-state index is 0.0918. The second-order valence-corrected chi connectivity index (χ2v) is 12.1. The van der Waals surface area contributed by atoms with E-state index < -0.39 is 34.7 Å². The number of carbonyl (C=O) groups is 1. The minimum atomic E-state index is -4.41. The zero-order valence-corrected chi connectivity index (χ0v) is 21.3. The number of hydrogen-bond donors (Lipinski definition) is 2. The predicted octanol–water partition coefficient (Wildman–Crippen LogP) is 3.13. The van der Waals surface area contributed by atoms with Crippen molar-refractivity contribution >= 4 is 26.8 Å². The number of halogens is 3. The van der Waals surface area contributed by atoms with Gasteiger partial charge in [-0.25, -0.2) is 13.1 Å². The van der Waals surface area contributed by atoms with Gasteiger partial charge in [0.2, 0.25) is 15.9 Å². The lowest BCUT2D eigenvalue weighted by molar-refractivity contribution is -0.169. The standard InChI is InChI=1S/C25H30F3N5O3S/c1-32-21-12-18(8-9-19(21)20(13-29)23(32)15-2-3-15)37(35,36)31-17-6-4-16(5-7-17)24(34)33-11-10-30-22(14-33)25(26,27)28/h8-9,12,15-17,22,30-31H,2-7,10-11,14H2,1H3. The van der Waals surface area contributed by atoms with Gasteiger partial charge in [-0.15, -0.1) is 0 Å². The van der Waals surface area contributed by atoms with Gasteiger partial charge in [-0.3, -0.25) is 4.79 Å². The van der Waals surface area contributed by atoms with Crippen LogP contribution in [0.25, 0.3) is 10.9 Å². The Labute approximate surface area is 213 Å². The van der Waals surface area contributed by atoms with E-state index in [0.717, 1.165) is 23.9 Å². The van der Waals surface area contributed by atoms with Crippen LogP contribution in [0.5, 0.6) is 0 Å². The first-order valence-corrected chi connectivity index (χ1v) is 14.1. The number of piperazine rings is 1. The number of aromatic nitrogens is 1. The molecule has 0 bridgehead atoms. The van der Waals surface area contributed by atoms with E-state index in [-0.39, 0.29) is 29.9 Å². The lowest BCUT2D eigenvalue weighted by atomic mass is 9.85. The molecular formula is C25H30F3N5O3S. The third-order valence-electron chi connectivity index (χ3n) is 7.88. The Bertz CT molecular complexity index is 1350. The number of rotatable bonds is 5. The normalized spacial score (nSPS) is 25.3. The number of sulfonamides is 1. The fourth-order valence-corrected chi connectivity index (χ4v) is 7.05. The minimum Gasteiger partial charge on any atom is -0.346 e. The van der Waals surface area contributed by atoms with Gasteiger partial charge in [0.05, 0.1) is 16.0 Å². The summed E-state index contributed by atoms with van der Waals surface area (Å²) in [6, 6.07) is 4.99. The quantitative estimate of drug-likeness (QED) is 0.610. The Morgan fingerprint density at radius 2 is 1.86 bits per heavy atom. The molecule has 0 radical (unpaired) electrons. The first-order valence-electron chi connectivity index (χ1n) is 12.6. The highest BCUT2D eigenvalue weighted by Crippen LogP contribution is 2.44. The highest BCUT2D eigenvalue weighted by Gasteiger charge is 2.44. The topological polar surface area (TPSA) is 107 Å².